The van der Waals surface area contributed by atoms with Crippen LogP contribution in [0.3, 0.4) is 0 Å². The lowest BCUT2D eigenvalue weighted by atomic mass is 10.1. The van der Waals surface area contributed by atoms with E-state index >= 15 is 0 Å². The summed E-state index contributed by atoms with van der Waals surface area (Å²) in [6, 6.07) is 10.7. The van der Waals surface area contributed by atoms with E-state index < -0.39 is 5.79 Å². The summed E-state index contributed by atoms with van der Waals surface area (Å²) < 4.78 is 11.3. The van der Waals surface area contributed by atoms with Crippen molar-refractivity contribution < 1.29 is 9.47 Å². The van der Waals surface area contributed by atoms with Gasteiger partial charge >= 0.3 is 0 Å². The lowest BCUT2D eigenvalue weighted by Crippen LogP contribution is -2.48. The topological polar surface area (TPSA) is 43.4 Å². The van der Waals surface area contributed by atoms with E-state index in [1.165, 1.54) is 10.9 Å². The second-order valence-electron chi connectivity index (χ2n) is 5.92. The summed E-state index contributed by atoms with van der Waals surface area (Å²) in [6.45, 7) is 6.19. The first-order valence-electron chi connectivity index (χ1n) is 7.48. The molecule has 0 bridgehead atoms. The number of rotatable bonds is 4. The summed E-state index contributed by atoms with van der Waals surface area (Å²) >= 11 is 0. The van der Waals surface area contributed by atoms with Crippen molar-refractivity contribution in [2.24, 2.45) is 0 Å². The molecular weight excluding hydrogens is 264 g/mol. The molecule has 1 aliphatic rings. The number of hydrogen-bond acceptors (Lipinski definition) is 4. The van der Waals surface area contributed by atoms with E-state index in [4.69, 9.17) is 9.47 Å². The van der Waals surface area contributed by atoms with Gasteiger partial charge in [0.25, 0.3) is 0 Å². The third-order valence-electron chi connectivity index (χ3n) is 3.81. The quantitative estimate of drug-likeness (QED) is 0.938. The van der Waals surface area contributed by atoms with Crippen LogP contribution in [0.25, 0.3) is 10.9 Å². The van der Waals surface area contributed by atoms with Gasteiger partial charge in [-0.1, -0.05) is 24.3 Å². The van der Waals surface area contributed by atoms with Crippen LogP contribution in [-0.2, 0) is 15.9 Å². The van der Waals surface area contributed by atoms with Crippen LogP contribution in [-0.4, -0.2) is 36.6 Å². The van der Waals surface area contributed by atoms with E-state index in [-0.39, 0.29) is 6.04 Å². The van der Waals surface area contributed by atoms with Gasteiger partial charge in [0.15, 0.2) is 5.79 Å². The maximum atomic E-state index is 5.65. The van der Waals surface area contributed by atoms with E-state index in [2.05, 4.69) is 34.6 Å². The molecule has 1 N–H and O–H groups in total. The highest BCUT2D eigenvalue weighted by atomic mass is 16.7. The fourth-order valence-electron chi connectivity index (χ4n) is 2.59. The van der Waals surface area contributed by atoms with Gasteiger partial charge in [0, 0.05) is 11.6 Å². The Kier molecular flexibility index (Phi) is 4.19. The third-order valence-corrected chi connectivity index (χ3v) is 3.81. The number of hydrogen-bond donors (Lipinski definition) is 1. The molecule has 1 aromatic heterocycles. The number of ether oxygens (including phenoxy) is 2. The number of nitrogens with zero attached hydrogens (tertiary/aromatic N) is 1. The zero-order chi connectivity index (χ0) is 14.7. The fraction of sp³-hybridized carbons (Fsp3) is 0.471. The van der Waals surface area contributed by atoms with Gasteiger partial charge in [-0.2, -0.15) is 0 Å². The maximum absolute atomic E-state index is 5.65. The summed E-state index contributed by atoms with van der Waals surface area (Å²) in [5, 5.41) is 4.69. The lowest BCUT2D eigenvalue weighted by Gasteiger charge is -2.35. The van der Waals surface area contributed by atoms with Gasteiger partial charge in [0.1, 0.15) is 0 Å². The van der Waals surface area contributed by atoms with Crippen LogP contribution in [0, 0.1) is 0 Å². The molecule has 0 radical (unpaired) electrons. The van der Waals surface area contributed by atoms with Gasteiger partial charge < -0.3 is 14.8 Å². The SMILES string of the molecule is CC1(C)OCC(NCCc2cccc3cccnc23)CO1. The van der Waals surface area contributed by atoms with E-state index in [0.717, 1.165) is 18.5 Å². The lowest BCUT2D eigenvalue weighted by molar-refractivity contribution is -0.252. The van der Waals surface area contributed by atoms with Crippen molar-refractivity contribution in [1.82, 2.24) is 10.3 Å². The van der Waals surface area contributed by atoms with E-state index in [9.17, 15) is 0 Å². The largest absolute Gasteiger partial charge is 0.349 e. The van der Waals surface area contributed by atoms with Crippen LogP contribution in [0.5, 0.6) is 0 Å². The minimum atomic E-state index is -0.447. The molecule has 1 saturated heterocycles. The van der Waals surface area contributed by atoms with Gasteiger partial charge in [0.2, 0.25) is 0 Å². The molecule has 1 fully saturated rings. The number of benzene rings is 1. The predicted molar refractivity (Wildman–Crippen MR) is 83.2 cm³/mol. The second-order valence-corrected chi connectivity index (χ2v) is 5.92. The van der Waals surface area contributed by atoms with Gasteiger partial charge in [-0.15, -0.1) is 0 Å². The number of pyridine rings is 1. The Morgan fingerprint density at radius 3 is 2.76 bits per heavy atom. The third kappa shape index (κ3) is 3.59. The van der Waals surface area contributed by atoms with Crippen molar-refractivity contribution in [3.63, 3.8) is 0 Å². The molecule has 2 aromatic rings. The first-order valence-corrected chi connectivity index (χ1v) is 7.48. The van der Waals surface area contributed by atoms with Crippen LogP contribution in [0.4, 0.5) is 0 Å². The molecule has 1 aromatic carbocycles. The van der Waals surface area contributed by atoms with E-state index in [0.29, 0.717) is 13.2 Å². The fourth-order valence-corrected chi connectivity index (χ4v) is 2.59. The van der Waals surface area contributed by atoms with Gasteiger partial charge in [-0.05, 0) is 38.4 Å². The van der Waals surface area contributed by atoms with Gasteiger partial charge in [-0.25, -0.2) is 0 Å². The smallest absolute Gasteiger partial charge is 0.162 e. The Morgan fingerprint density at radius 1 is 1.19 bits per heavy atom. The van der Waals surface area contributed by atoms with Crippen LogP contribution in [0.15, 0.2) is 36.5 Å². The highest BCUT2D eigenvalue weighted by Crippen LogP contribution is 2.18. The van der Waals surface area contributed by atoms with Crippen LogP contribution in [0.1, 0.15) is 19.4 Å². The molecule has 0 aliphatic carbocycles. The number of nitrogens with one attached hydrogen (secondary N) is 1. The average Bonchev–Trinajstić information content (AvgIpc) is 2.49. The van der Waals surface area contributed by atoms with E-state index in [1.807, 2.05) is 26.1 Å². The molecule has 4 nitrogen and oxygen atoms in total. The molecule has 21 heavy (non-hydrogen) atoms. The minimum absolute atomic E-state index is 0.265. The zero-order valence-corrected chi connectivity index (χ0v) is 12.6. The predicted octanol–water partition coefficient (Wildman–Crippen LogP) is 2.52. The van der Waals surface area contributed by atoms with Crippen molar-refractivity contribution in [3.05, 3.63) is 42.1 Å². The molecule has 0 spiro atoms. The molecule has 2 heterocycles. The van der Waals surface area contributed by atoms with Crippen molar-refractivity contribution in [3.8, 4) is 0 Å². The summed E-state index contributed by atoms with van der Waals surface area (Å²) in [4.78, 5) is 4.49. The summed E-state index contributed by atoms with van der Waals surface area (Å²) in [7, 11) is 0. The molecule has 3 rings (SSSR count). The summed E-state index contributed by atoms with van der Waals surface area (Å²) in [6.07, 6.45) is 2.80. The molecule has 1 aliphatic heterocycles. The van der Waals surface area contributed by atoms with Crippen molar-refractivity contribution in [1.29, 1.82) is 0 Å². The molecule has 0 amide bonds. The summed E-state index contributed by atoms with van der Waals surface area (Å²) in [5.74, 6) is -0.447. The van der Waals surface area contributed by atoms with Crippen LogP contribution < -0.4 is 5.32 Å². The molecule has 0 atom stereocenters. The number of fused-ring (bicyclic) bond motifs is 1. The van der Waals surface area contributed by atoms with Gasteiger partial charge in [-0.3, -0.25) is 4.98 Å². The molecule has 112 valence electrons. The molecule has 0 saturated carbocycles. The van der Waals surface area contributed by atoms with Gasteiger partial charge in [0.05, 0.1) is 24.8 Å². The Hall–Kier alpha value is -1.49. The maximum Gasteiger partial charge on any atom is 0.162 e. The first-order chi connectivity index (χ1) is 10.1. The standard InChI is InChI=1S/C17H22N2O2/c1-17(2)20-11-15(12-21-17)18-10-8-14-6-3-5-13-7-4-9-19-16(13)14/h3-7,9,15,18H,8,10-12H2,1-2H3. The first kappa shape index (κ1) is 14.4. The normalized spacial score (nSPS) is 19.0. The Morgan fingerprint density at radius 2 is 1.95 bits per heavy atom. The molecule has 4 heteroatoms. The Labute approximate surface area is 125 Å². The minimum Gasteiger partial charge on any atom is -0.349 e. The average molecular weight is 286 g/mol. The zero-order valence-electron chi connectivity index (χ0n) is 12.6. The highest BCUT2D eigenvalue weighted by Gasteiger charge is 2.27. The van der Waals surface area contributed by atoms with Crippen molar-refractivity contribution >= 4 is 10.9 Å². The summed E-state index contributed by atoms with van der Waals surface area (Å²) in [5.41, 5.74) is 2.37. The van der Waals surface area contributed by atoms with Crippen molar-refractivity contribution in [2.75, 3.05) is 19.8 Å². The number of para-hydroxylation sites is 1. The molecule has 0 unspecified atom stereocenters. The second kappa shape index (κ2) is 6.10. The van der Waals surface area contributed by atoms with E-state index in [1.54, 1.807) is 0 Å². The Bertz CT molecular complexity index is 597. The highest BCUT2D eigenvalue weighted by molar-refractivity contribution is 5.81. The monoisotopic (exact) mass is 286 g/mol. The van der Waals surface area contributed by atoms with Crippen LogP contribution >= 0.6 is 0 Å². The molecular formula is C17H22N2O2. The number of aromatic nitrogens is 1. The Balaban J connectivity index is 1.56. The van der Waals surface area contributed by atoms with Crippen molar-refractivity contribution in [2.45, 2.75) is 32.1 Å². The van der Waals surface area contributed by atoms with Crippen LogP contribution in [0.2, 0.25) is 0 Å².